The average Bonchev–Trinajstić information content (AvgIpc) is 1.48. The summed E-state index contributed by atoms with van der Waals surface area (Å²) in [5.74, 6) is 1.52. The second kappa shape index (κ2) is 23.9. The summed E-state index contributed by atoms with van der Waals surface area (Å²) in [4.78, 5) is 5.14. The number of benzene rings is 10. The predicted molar refractivity (Wildman–Crippen MR) is 432 cm³/mol. The quantitative estimate of drug-likeness (QED) is 0.113. The molecule has 12 bridgehead atoms. The van der Waals surface area contributed by atoms with Gasteiger partial charge in [0.25, 0.3) is 0 Å². The monoisotopic (exact) mass is 1330 g/mol. The fourth-order valence-corrected chi connectivity index (χ4v) is 21.2. The number of rotatable bonds is 12. The van der Waals surface area contributed by atoms with Crippen LogP contribution in [0.3, 0.4) is 0 Å². The Hall–Kier alpha value is -10.3. The van der Waals surface area contributed by atoms with Crippen molar-refractivity contribution in [3.63, 3.8) is 0 Å². The number of para-hydroxylation sites is 2. The molecule has 0 saturated carbocycles. The van der Waals surface area contributed by atoms with Crippen molar-refractivity contribution in [3.05, 3.63) is 392 Å². The van der Waals surface area contributed by atoms with Crippen LogP contribution >= 0.6 is 0 Å². The van der Waals surface area contributed by atoms with E-state index in [4.69, 9.17) is 0 Å². The highest BCUT2D eigenvalue weighted by Crippen LogP contribution is 2.67. The van der Waals surface area contributed by atoms with Gasteiger partial charge in [-0.25, -0.2) is 0 Å². The fourth-order valence-electron chi connectivity index (χ4n) is 21.2. The summed E-state index contributed by atoms with van der Waals surface area (Å²) in [5.41, 5.74) is 36.7. The highest BCUT2D eigenvalue weighted by atomic mass is 15.1. The first-order valence-electron chi connectivity index (χ1n) is 38.3. The Morgan fingerprint density at radius 3 is 1.07 bits per heavy atom. The maximum absolute atomic E-state index is 4.46. The first-order chi connectivity index (χ1) is 50.2. The van der Waals surface area contributed by atoms with E-state index in [-0.39, 0.29) is 21.7 Å². The molecule has 103 heavy (non-hydrogen) atoms. The summed E-state index contributed by atoms with van der Waals surface area (Å²) >= 11 is 0. The zero-order valence-corrected chi connectivity index (χ0v) is 60.7. The highest BCUT2D eigenvalue weighted by Gasteiger charge is 2.54. The van der Waals surface area contributed by atoms with E-state index in [1.165, 1.54) is 112 Å². The van der Waals surface area contributed by atoms with Crippen LogP contribution < -0.4 is 9.80 Å². The van der Waals surface area contributed by atoms with E-state index >= 15 is 0 Å². The van der Waals surface area contributed by atoms with Crippen LogP contribution in [0.1, 0.15) is 173 Å². The van der Waals surface area contributed by atoms with Gasteiger partial charge in [-0.3, -0.25) is 0 Å². The third-order valence-electron chi connectivity index (χ3n) is 25.9. The van der Waals surface area contributed by atoms with E-state index in [2.05, 4.69) is 344 Å². The molecular weight excluding hydrogens is 1240 g/mol. The van der Waals surface area contributed by atoms with Gasteiger partial charge in [0.15, 0.2) is 0 Å². The van der Waals surface area contributed by atoms with E-state index in [0.29, 0.717) is 23.7 Å². The van der Waals surface area contributed by atoms with E-state index in [9.17, 15) is 0 Å². The van der Waals surface area contributed by atoms with Gasteiger partial charge in [-0.15, -0.1) is 13.2 Å². The van der Waals surface area contributed by atoms with Gasteiger partial charge in [0.1, 0.15) is 0 Å². The molecule has 0 radical (unpaired) electrons. The molecule has 0 aliphatic heterocycles. The molecule has 10 aromatic carbocycles. The van der Waals surface area contributed by atoms with Gasteiger partial charge in [-0.2, -0.15) is 0 Å². The Kier molecular flexibility index (Phi) is 14.8. The molecule has 0 saturated heterocycles. The molecule has 2 nitrogen and oxygen atoms in total. The molecule has 2 heteroatoms. The van der Waals surface area contributed by atoms with Gasteiger partial charge in [0.2, 0.25) is 0 Å². The zero-order chi connectivity index (χ0) is 69.7. The van der Waals surface area contributed by atoms with Crippen molar-refractivity contribution in [2.45, 2.75) is 133 Å². The van der Waals surface area contributed by atoms with Crippen LogP contribution in [0.15, 0.2) is 326 Å². The maximum atomic E-state index is 4.46. The molecule has 0 heterocycles. The lowest BCUT2D eigenvalue weighted by Gasteiger charge is -2.42. The van der Waals surface area contributed by atoms with Gasteiger partial charge < -0.3 is 9.80 Å². The minimum Gasteiger partial charge on any atom is -0.310 e. The summed E-state index contributed by atoms with van der Waals surface area (Å²) in [6, 6.07) is 95.1. The summed E-state index contributed by atoms with van der Waals surface area (Å²) in [7, 11) is 0. The molecule has 9 aliphatic carbocycles. The number of hydrogen-bond donors (Lipinski definition) is 0. The maximum Gasteiger partial charge on any atom is 0.0715 e. The summed E-state index contributed by atoms with van der Waals surface area (Å²) in [6.45, 7) is 23.0. The zero-order valence-electron chi connectivity index (χ0n) is 60.7. The van der Waals surface area contributed by atoms with Crippen LogP contribution in [-0.4, -0.2) is 0 Å². The molecule has 0 fully saturated rings. The third-order valence-corrected chi connectivity index (χ3v) is 25.9. The lowest BCUT2D eigenvalue weighted by molar-refractivity contribution is 0.442. The number of hydrogen-bond acceptors (Lipinski definition) is 2. The van der Waals surface area contributed by atoms with Crippen molar-refractivity contribution in [1.82, 2.24) is 0 Å². The van der Waals surface area contributed by atoms with Crippen LogP contribution in [0.25, 0.3) is 22.3 Å². The molecular formula is C101H92N2. The smallest absolute Gasteiger partial charge is 0.0715 e. The Balaban J connectivity index is 0.798. The summed E-state index contributed by atoms with van der Waals surface area (Å²) in [5, 5.41) is 0. The van der Waals surface area contributed by atoms with Crippen LogP contribution in [0.4, 0.5) is 34.1 Å². The third kappa shape index (κ3) is 9.57. The van der Waals surface area contributed by atoms with Gasteiger partial charge in [-0.1, -0.05) is 259 Å². The fraction of sp³-hybridized carbons (Fsp3) is 0.248. The van der Waals surface area contributed by atoms with Crippen molar-refractivity contribution >= 4 is 45.3 Å². The van der Waals surface area contributed by atoms with E-state index in [1.807, 2.05) is 0 Å². The first-order valence-corrected chi connectivity index (χ1v) is 38.3. The highest BCUT2D eigenvalue weighted by molar-refractivity contribution is 5.98. The van der Waals surface area contributed by atoms with Crippen molar-refractivity contribution in [2.24, 2.45) is 23.7 Å². The number of nitrogens with zero attached hydrogens (tertiary/aromatic N) is 2. The van der Waals surface area contributed by atoms with Crippen LogP contribution in [0.2, 0.25) is 0 Å². The summed E-state index contributed by atoms with van der Waals surface area (Å²) in [6.07, 6.45) is 25.8. The molecule has 0 aromatic heterocycles. The van der Waals surface area contributed by atoms with Crippen molar-refractivity contribution in [1.29, 1.82) is 0 Å². The molecule has 6 atom stereocenters. The predicted octanol–water partition coefficient (Wildman–Crippen LogP) is 26.2. The minimum atomic E-state index is -0.728. The number of allylic oxidation sites excluding steroid dienone is 14. The molecule has 506 valence electrons. The Morgan fingerprint density at radius 2 is 0.709 bits per heavy atom. The minimum absolute atomic E-state index is 0.0376. The van der Waals surface area contributed by atoms with Crippen LogP contribution in [-0.2, 0) is 27.1 Å². The lowest BCUT2D eigenvalue weighted by Crippen LogP contribution is -2.33. The van der Waals surface area contributed by atoms with Gasteiger partial charge in [-0.05, 0) is 271 Å². The van der Waals surface area contributed by atoms with Crippen molar-refractivity contribution in [2.75, 3.05) is 9.80 Å². The molecule has 9 aliphatic rings. The van der Waals surface area contributed by atoms with Gasteiger partial charge >= 0.3 is 0 Å². The lowest BCUT2D eigenvalue weighted by atomic mass is 9.61. The number of anilines is 6. The van der Waals surface area contributed by atoms with Crippen molar-refractivity contribution in [3.8, 4) is 11.1 Å². The van der Waals surface area contributed by atoms with E-state index in [1.54, 1.807) is 22.3 Å². The molecule has 0 amide bonds. The van der Waals surface area contributed by atoms with Crippen LogP contribution in [0.5, 0.6) is 0 Å². The van der Waals surface area contributed by atoms with E-state index < -0.39 is 5.41 Å². The summed E-state index contributed by atoms with van der Waals surface area (Å²) < 4.78 is 0. The molecule has 4 unspecified atom stereocenters. The number of fused-ring (bicyclic) bond motifs is 11. The SMILES string of the molecule is C=CC1CCC2=C[C@@H]1C1=CCCC3=C1c1ccc(N(c4ccccc4)c4ccc5c(c4)C(c4ccccc4)(c4ccccc4)c4cc(N(c6ccccc6)c6ccc7c(c6)C6(c8ccc(C(C)(C)C)cc8)CC8=C[C@@H](C9=CCCC6=C97)C(C=C)CC8)ccc4-5)cc1C3(c1ccc(C(C)(C)C)cc1)C2. The Bertz CT molecular complexity index is 4990. The normalized spacial score (nSPS) is 22.9. The molecule has 19 rings (SSSR count). The Labute approximate surface area is 611 Å². The van der Waals surface area contributed by atoms with Crippen LogP contribution in [0, 0.1) is 23.7 Å². The standard InChI is InChI=1S/C101H92N2/c1-9-67-39-37-65-57-87(67)83-33-23-35-89-95(83)85-55-51-77(59-91(85)99(89,63-65)71-45-41-69(42-46-71)97(3,4)5)102(75-29-19-13-20-30-75)79-49-53-81-82-54-50-80(62-94(82)101(93(81)61-79,73-25-15-11-16-26-73)74-27-17-12-18-28-74)103(76-31-21-14-22-32-76)78-52-56-86-92(60-78)100(72-47-43-70(44-48-72)98(6,7)8)64-66-38-40-68(10-2)88(58-66)84-34-24-36-90(100)96(84)86/h9-22,25-34,41-62,67-68,87-88H,1-2,23-24,35-40,63-64H2,3-8H3/t67?,68?,87-,88+,99?,100?. The van der Waals surface area contributed by atoms with Gasteiger partial charge in [0, 0.05) is 56.8 Å². The molecule has 0 spiro atoms. The second-order valence-corrected chi connectivity index (χ2v) is 33.2. The molecule has 0 N–H and O–H groups in total. The Morgan fingerprint density at radius 1 is 0.359 bits per heavy atom. The topological polar surface area (TPSA) is 6.48 Å². The second-order valence-electron chi connectivity index (χ2n) is 33.2. The largest absolute Gasteiger partial charge is 0.310 e. The van der Waals surface area contributed by atoms with Crippen molar-refractivity contribution < 1.29 is 0 Å². The van der Waals surface area contributed by atoms with E-state index in [0.717, 1.165) is 87.0 Å². The van der Waals surface area contributed by atoms with Gasteiger partial charge in [0.05, 0.1) is 5.41 Å². The average molecular weight is 1330 g/mol. The molecule has 10 aromatic rings. The first kappa shape index (κ1) is 63.6.